The third kappa shape index (κ3) is 7.21. The first-order valence-corrected chi connectivity index (χ1v) is 9.85. The molecule has 9 nitrogen and oxygen atoms in total. The van der Waals surface area contributed by atoms with Crippen molar-refractivity contribution < 1.29 is 26.7 Å². The zero-order valence-corrected chi connectivity index (χ0v) is 18.9. The summed E-state index contributed by atoms with van der Waals surface area (Å²) in [6.45, 7) is 0. The molecule has 0 radical (unpaired) electrons. The molecular formula is C25H16N4NiO5. The largest absolute Gasteiger partial charge is 2.00 e. The monoisotopic (exact) mass is 510 g/mol. The maximum atomic E-state index is 10.2. The van der Waals surface area contributed by atoms with E-state index in [1.807, 2.05) is 72.8 Å². The summed E-state index contributed by atoms with van der Waals surface area (Å²) in [5.41, 5.74) is -0.896. The second-order valence-corrected chi connectivity index (χ2v) is 6.51. The van der Waals surface area contributed by atoms with Gasteiger partial charge in [-0.2, -0.15) is 0 Å². The van der Waals surface area contributed by atoms with Crippen molar-refractivity contribution in [3.8, 4) is 34.3 Å². The van der Waals surface area contributed by atoms with E-state index in [1.165, 1.54) is 0 Å². The zero-order valence-electron chi connectivity index (χ0n) is 17.9. The quantitative estimate of drug-likeness (QED) is 0.251. The van der Waals surface area contributed by atoms with Crippen LogP contribution in [0, 0.1) is 0 Å². The molecule has 0 saturated heterocycles. The molecule has 0 saturated carbocycles. The molecule has 10 heteroatoms. The van der Waals surface area contributed by atoms with E-state index in [0.717, 1.165) is 22.8 Å². The van der Waals surface area contributed by atoms with E-state index in [0.29, 0.717) is 0 Å². The number of hydrogen-bond donors (Lipinski definition) is 0. The molecule has 176 valence electrons. The fourth-order valence-electron chi connectivity index (χ4n) is 2.57. The molecule has 0 spiro atoms. The minimum absolute atomic E-state index is 0. The van der Waals surface area contributed by atoms with Crippen molar-refractivity contribution in [2.45, 2.75) is 0 Å². The Hall–Kier alpha value is -4.56. The van der Waals surface area contributed by atoms with Crippen LogP contribution in [-0.4, -0.2) is 19.9 Å². The molecule has 0 N–H and O–H groups in total. The van der Waals surface area contributed by atoms with Crippen molar-refractivity contribution in [3.05, 3.63) is 128 Å². The fraction of sp³-hybridized carbons (Fsp3) is 0. The van der Waals surface area contributed by atoms with Crippen LogP contribution < -0.4 is 26.5 Å². The van der Waals surface area contributed by atoms with E-state index in [2.05, 4.69) is 19.9 Å². The molecule has 0 aliphatic heterocycles. The molecule has 0 aliphatic carbocycles. The molecule has 1 aromatic carbocycles. The van der Waals surface area contributed by atoms with Crippen molar-refractivity contribution in [1.82, 2.24) is 19.9 Å². The number of rotatable bonds is 2. The number of aromatic nitrogens is 4. The first-order chi connectivity index (χ1) is 16.5. The van der Waals surface area contributed by atoms with Gasteiger partial charge in [-0.3, -0.25) is 34.3 Å². The van der Waals surface area contributed by atoms with Gasteiger partial charge in [0.25, 0.3) is 5.43 Å². The second kappa shape index (κ2) is 13.2. The minimum Gasteiger partial charge on any atom is -0.870 e. The summed E-state index contributed by atoms with van der Waals surface area (Å²) < 4.78 is 0. The molecule has 35 heavy (non-hydrogen) atoms. The molecule has 4 aromatic heterocycles. The Balaban J connectivity index is 0.000000184. The van der Waals surface area contributed by atoms with Gasteiger partial charge in [0, 0.05) is 24.8 Å². The molecule has 4 heterocycles. The first kappa shape index (κ1) is 26.7. The van der Waals surface area contributed by atoms with Gasteiger partial charge in [0.2, 0.25) is 10.9 Å². The maximum Gasteiger partial charge on any atom is 2.00 e. The Labute approximate surface area is 209 Å². The van der Waals surface area contributed by atoms with Crippen LogP contribution in [0.1, 0.15) is 0 Å². The summed E-state index contributed by atoms with van der Waals surface area (Å²) in [7, 11) is 0. The average Bonchev–Trinajstić information content (AvgIpc) is 3.09. The Morgan fingerprint density at radius 1 is 0.429 bits per heavy atom. The molecular weight excluding hydrogens is 495 g/mol. The molecule has 0 aliphatic rings. The number of hydrogen-bond acceptors (Lipinski definition) is 9. The van der Waals surface area contributed by atoms with Gasteiger partial charge in [-0.05, 0) is 48.5 Å². The molecule has 0 bridgehead atoms. The van der Waals surface area contributed by atoms with Crippen LogP contribution in [0.2, 0.25) is 0 Å². The van der Waals surface area contributed by atoms with Crippen molar-refractivity contribution in [1.29, 1.82) is 0 Å². The number of nitrogens with zero attached hydrogens (tertiary/aromatic N) is 4. The average molecular weight is 511 g/mol. The van der Waals surface area contributed by atoms with Gasteiger partial charge in [-0.1, -0.05) is 35.8 Å². The van der Waals surface area contributed by atoms with E-state index in [-0.39, 0.29) is 16.5 Å². The van der Waals surface area contributed by atoms with Crippen molar-refractivity contribution in [3.63, 3.8) is 0 Å². The van der Waals surface area contributed by atoms with Crippen LogP contribution in [0.25, 0.3) is 22.8 Å². The van der Waals surface area contributed by atoms with E-state index in [9.17, 15) is 24.6 Å². The normalized spacial score (nSPS) is 9.49. The smallest absolute Gasteiger partial charge is 0.870 e. The zero-order chi connectivity index (χ0) is 24.3. The van der Waals surface area contributed by atoms with Crippen molar-refractivity contribution in [2.24, 2.45) is 0 Å². The van der Waals surface area contributed by atoms with Crippen LogP contribution in [0.4, 0.5) is 0 Å². The summed E-state index contributed by atoms with van der Waals surface area (Å²) in [6.07, 6.45) is 7.07. The van der Waals surface area contributed by atoms with Gasteiger partial charge in [0.15, 0.2) is 0 Å². The Kier molecular flexibility index (Phi) is 10.1. The summed E-state index contributed by atoms with van der Waals surface area (Å²) >= 11 is 0. The fourth-order valence-corrected chi connectivity index (χ4v) is 2.57. The van der Waals surface area contributed by atoms with Crippen LogP contribution in [0.5, 0.6) is 11.5 Å². The van der Waals surface area contributed by atoms with Gasteiger partial charge >= 0.3 is 16.5 Å². The minimum atomic E-state index is -1.52. The molecule has 0 amide bonds. The summed E-state index contributed by atoms with van der Waals surface area (Å²) in [5.74, 6) is -3.04. The number of pyridine rings is 4. The predicted octanol–water partition coefficient (Wildman–Crippen LogP) is 1.07. The van der Waals surface area contributed by atoms with E-state index in [4.69, 9.17) is 0 Å². The van der Waals surface area contributed by atoms with Crippen LogP contribution in [-0.2, 0) is 16.5 Å². The molecule has 5 rings (SSSR count). The Morgan fingerprint density at radius 2 is 0.686 bits per heavy atom. The van der Waals surface area contributed by atoms with Gasteiger partial charge in [0.05, 0.1) is 22.8 Å². The third-order valence-corrected chi connectivity index (χ3v) is 4.22. The summed E-state index contributed by atoms with van der Waals surface area (Å²) in [6, 6.07) is 23.2. The Morgan fingerprint density at radius 3 is 0.829 bits per heavy atom. The van der Waals surface area contributed by atoms with Gasteiger partial charge in [-0.25, -0.2) is 0 Å². The van der Waals surface area contributed by atoms with E-state index >= 15 is 0 Å². The molecule has 0 unspecified atom stereocenters. The van der Waals surface area contributed by atoms with E-state index < -0.39 is 27.8 Å². The second-order valence-electron chi connectivity index (χ2n) is 6.51. The predicted molar refractivity (Wildman–Crippen MR) is 121 cm³/mol. The Bertz CT molecular complexity index is 1280. The topological polar surface area (TPSA) is 149 Å². The van der Waals surface area contributed by atoms with Gasteiger partial charge in [-0.15, -0.1) is 0 Å². The van der Waals surface area contributed by atoms with Crippen LogP contribution in [0.15, 0.2) is 112 Å². The van der Waals surface area contributed by atoms with Crippen LogP contribution in [0.3, 0.4) is 0 Å². The standard InChI is InChI=1S/2C10H8N2.C5H2O5.Ni/c2*1-3-7-11-9(5-1)10-6-2-4-8-12-10;6-1-2(7)4(9)5(10)3(1)8;/h2*1-8H;6-7H;/q;;;+2/p-2. The maximum absolute atomic E-state index is 10.2. The molecule has 0 fully saturated rings. The summed E-state index contributed by atoms with van der Waals surface area (Å²) in [5, 5.41) is 20.4. The van der Waals surface area contributed by atoms with E-state index in [1.54, 1.807) is 24.8 Å². The van der Waals surface area contributed by atoms with Crippen molar-refractivity contribution >= 4 is 0 Å². The SMILES string of the molecule is O=c1c([O-])c([O-])c(=O)c1=O.[Ni+2].c1ccc(-c2ccccn2)nc1.c1ccc(-c2ccccn2)nc1. The molecule has 5 aromatic rings. The first-order valence-electron chi connectivity index (χ1n) is 9.85. The van der Waals surface area contributed by atoms with Gasteiger partial charge < -0.3 is 10.2 Å². The van der Waals surface area contributed by atoms with Crippen LogP contribution >= 0.6 is 0 Å². The third-order valence-electron chi connectivity index (χ3n) is 4.22. The van der Waals surface area contributed by atoms with Crippen molar-refractivity contribution in [2.75, 3.05) is 0 Å². The van der Waals surface area contributed by atoms with Gasteiger partial charge in [0.1, 0.15) is 0 Å². The molecule has 0 atom stereocenters. The summed E-state index contributed by atoms with van der Waals surface area (Å²) in [4.78, 5) is 47.3.